The highest BCUT2D eigenvalue weighted by Gasteiger charge is 2.42. The average Bonchev–Trinajstić information content (AvgIpc) is 3.07. The van der Waals surface area contributed by atoms with E-state index in [1.807, 2.05) is 20.8 Å². The molecule has 5 rings (SSSR count). The number of thioether (sulfide) groups is 1. The SMILES string of the molecule is CO[C@H]1CSc2c(-c3ccc(F)cc3)c(C)cc3c2N(C1)C(=O)NC3N1CCN(C(=O)OC(C)(C)C)C[C@@H]1C. The van der Waals surface area contributed by atoms with Crippen LogP contribution in [0, 0.1) is 12.7 Å². The van der Waals surface area contributed by atoms with Gasteiger partial charge < -0.3 is 19.7 Å². The molecule has 2 aromatic rings. The molecule has 0 radical (unpaired) electrons. The standard InChI is InChI=1S/C29H37FN4O4S/c1-17-13-22-24-25(23(17)19-7-9-20(30)10-8-19)39-16-21(37-6)15-34(24)27(35)31-26(22)33-12-11-32(14-18(33)2)28(36)38-29(3,4)5/h7-10,13,18,21,26H,11-12,14-16H2,1-6H3,(H,31,35)/t18-,21+,26?/m0/s1. The van der Waals surface area contributed by atoms with Crippen LogP contribution in [0.5, 0.6) is 0 Å². The van der Waals surface area contributed by atoms with Crippen LogP contribution in [0.1, 0.15) is 45.0 Å². The summed E-state index contributed by atoms with van der Waals surface area (Å²) < 4.78 is 25.1. The first kappa shape index (κ1) is 27.7. The lowest BCUT2D eigenvalue weighted by Gasteiger charge is -2.47. The first-order valence-electron chi connectivity index (χ1n) is 13.4. The average molecular weight is 557 g/mol. The number of carbonyl (C=O) groups is 2. The van der Waals surface area contributed by atoms with Crippen LogP contribution in [0.4, 0.5) is 19.7 Å². The molecule has 210 valence electrons. The summed E-state index contributed by atoms with van der Waals surface area (Å²) in [4.78, 5) is 33.2. The van der Waals surface area contributed by atoms with Crippen molar-refractivity contribution in [2.75, 3.05) is 43.9 Å². The molecule has 8 nitrogen and oxygen atoms in total. The number of piperazine rings is 1. The Bertz CT molecular complexity index is 1270. The predicted molar refractivity (Wildman–Crippen MR) is 151 cm³/mol. The van der Waals surface area contributed by atoms with E-state index in [2.05, 4.69) is 30.1 Å². The van der Waals surface area contributed by atoms with Crippen molar-refractivity contribution in [3.63, 3.8) is 0 Å². The van der Waals surface area contributed by atoms with E-state index < -0.39 is 5.60 Å². The molecule has 0 aliphatic carbocycles. The number of urea groups is 1. The van der Waals surface area contributed by atoms with Crippen LogP contribution in [0.25, 0.3) is 11.1 Å². The Morgan fingerprint density at radius 1 is 1.15 bits per heavy atom. The molecule has 1 saturated heterocycles. The maximum atomic E-state index is 13.8. The molecule has 3 amide bonds. The number of anilines is 1. The van der Waals surface area contributed by atoms with Crippen LogP contribution >= 0.6 is 11.8 Å². The van der Waals surface area contributed by atoms with E-state index in [1.165, 1.54) is 12.1 Å². The van der Waals surface area contributed by atoms with E-state index in [-0.39, 0.29) is 36.3 Å². The van der Waals surface area contributed by atoms with Gasteiger partial charge in [-0.15, -0.1) is 11.8 Å². The molecule has 3 aliphatic rings. The van der Waals surface area contributed by atoms with Gasteiger partial charge in [-0.25, -0.2) is 14.0 Å². The number of benzene rings is 2. The summed E-state index contributed by atoms with van der Waals surface area (Å²) in [7, 11) is 1.67. The highest BCUT2D eigenvalue weighted by Crippen LogP contribution is 2.49. The van der Waals surface area contributed by atoms with E-state index in [0.717, 1.165) is 32.8 Å². The van der Waals surface area contributed by atoms with E-state index >= 15 is 0 Å². The lowest BCUT2D eigenvalue weighted by Crippen LogP contribution is -2.60. The van der Waals surface area contributed by atoms with Crippen LogP contribution in [-0.4, -0.2) is 78.7 Å². The molecule has 3 aliphatic heterocycles. The Morgan fingerprint density at radius 2 is 1.87 bits per heavy atom. The minimum Gasteiger partial charge on any atom is -0.444 e. The Kier molecular flexibility index (Phi) is 7.56. The van der Waals surface area contributed by atoms with Crippen LogP contribution < -0.4 is 10.2 Å². The minimum atomic E-state index is -0.558. The number of methoxy groups -OCH3 is 1. The van der Waals surface area contributed by atoms with E-state index in [9.17, 15) is 14.0 Å². The lowest BCUT2D eigenvalue weighted by atomic mass is 9.93. The number of amides is 3. The summed E-state index contributed by atoms with van der Waals surface area (Å²) in [6.45, 7) is 11.8. The van der Waals surface area contributed by atoms with Crippen molar-refractivity contribution >= 4 is 29.6 Å². The Balaban J connectivity index is 1.54. The van der Waals surface area contributed by atoms with Crippen LogP contribution in [0.3, 0.4) is 0 Å². The summed E-state index contributed by atoms with van der Waals surface area (Å²) in [5.41, 5.74) is 4.33. The zero-order chi connectivity index (χ0) is 28.1. The van der Waals surface area contributed by atoms with Gasteiger partial charge >= 0.3 is 12.1 Å². The Morgan fingerprint density at radius 3 is 2.51 bits per heavy atom. The molecule has 1 fully saturated rings. The number of halogens is 1. The van der Waals surface area contributed by atoms with Gasteiger partial charge in [0.15, 0.2) is 0 Å². The molecular weight excluding hydrogens is 519 g/mol. The van der Waals surface area contributed by atoms with E-state index in [4.69, 9.17) is 9.47 Å². The monoisotopic (exact) mass is 556 g/mol. The molecular formula is C29H37FN4O4S. The quantitative estimate of drug-likeness (QED) is 0.547. The largest absolute Gasteiger partial charge is 0.444 e. The molecule has 3 heterocycles. The van der Waals surface area contributed by atoms with Crippen LogP contribution in [-0.2, 0) is 9.47 Å². The van der Waals surface area contributed by atoms with Gasteiger partial charge in [-0.1, -0.05) is 12.1 Å². The van der Waals surface area contributed by atoms with Crippen molar-refractivity contribution in [3.05, 3.63) is 47.3 Å². The van der Waals surface area contributed by atoms with Gasteiger partial charge in [0.25, 0.3) is 0 Å². The number of nitrogens with zero attached hydrogens (tertiary/aromatic N) is 3. The molecule has 3 atom stereocenters. The van der Waals surface area contributed by atoms with E-state index in [1.54, 1.807) is 40.8 Å². The maximum Gasteiger partial charge on any atom is 0.410 e. The number of ether oxygens (including phenoxy) is 2. The normalized spacial score (nSPS) is 23.7. The molecule has 10 heteroatoms. The third-order valence-electron chi connectivity index (χ3n) is 7.48. The Hall–Kier alpha value is -2.82. The van der Waals surface area contributed by atoms with Crippen LogP contribution in [0.2, 0.25) is 0 Å². The predicted octanol–water partition coefficient (Wildman–Crippen LogP) is 5.39. The number of hydrogen-bond donors (Lipinski definition) is 1. The summed E-state index contributed by atoms with van der Waals surface area (Å²) in [5, 5.41) is 3.25. The zero-order valence-electron chi connectivity index (χ0n) is 23.4. The zero-order valence-corrected chi connectivity index (χ0v) is 24.2. The van der Waals surface area contributed by atoms with Gasteiger partial charge in [0.1, 0.15) is 17.6 Å². The number of rotatable bonds is 3. The molecule has 39 heavy (non-hydrogen) atoms. The topological polar surface area (TPSA) is 74.4 Å². The van der Waals surface area contributed by atoms with Gasteiger partial charge in [0, 0.05) is 54.6 Å². The molecule has 0 bridgehead atoms. The fourth-order valence-electron chi connectivity index (χ4n) is 5.64. The number of hydrogen-bond acceptors (Lipinski definition) is 6. The summed E-state index contributed by atoms with van der Waals surface area (Å²) in [5.74, 6) is 0.410. The molecule has 0 saturated carbocycles. The second kappa shape index (κ2) is 10.6. The van der Waals surface area contributed by atoms with Crippen molar-refractivity contribution in [2.24, 2.45) is 0 Å². The lowest BCUT2D eigenvalue weighted by molar-refractivity contribution is -0.00499. The van der Waals surface area contributed by atoms with Crippen LogP contribution in [0.15, 0.2) is 35.2 Å². The van der Waals surface area contributed by atoms with Crippen molar-refractivity contribution in [1.29, 1.82) is 0 Å². The highest BCUT2D eigenvalue weighted by molar-refractivity contribution is 7.99. The van der Waals surface area contributed by atoms with Crippen molar-refractivity contribution < 1.29 is 23.5 Å². The minimum absolute atomic E-state index is 0.0130. The fourth-order valence-corrected chi connectivity index (χ4v) is 7.02. The molecule has 0 aromatic heterocycles. The maximum absolute atomic E-state index is 13.8. The summed E-state index contributed by atoms with van der Waals surface area (Å²) in [6, 6.07) is 8.49. The van der Waals surface area contributed by atoms with Gasteiger partial charge in [0.2, 0.25) is 0 Å². The molecule has 2 aromatic carbocycles. The van der Waals surface area contributed by atoms with Crippen molar-refractivity contribution in [3.8, 4) is 11.1 Å². The second-order valence-corrected chi connectivity index (χ2v) is 12.5. The first-order chi connectivity index (χ1) is 18.5. The molecule has 0 spiro atoms. The van der Waals surface area contributed by atoms with Gasteiger partial charge in [-0.05, 0) is 63.9 Å². The summed E-state index contributed by atoms with van der Waals surface area (Å²) in [6.07, 6.45) is -0.794. The number of carbonyl (C=O) groups excluding carboxylic acids is 2. The summed E-state index contributed by atoms with van der Waals surface area (Å²) >= 11 is 1.68. The third-order valence-corrected chi connectivity index (χ3v) is 8.70. The highest BCUT2D eigenvalue weighted by atomic mass is 32.2. The smallest absolute Gasteiger partial charge is 0.410 e. The fraction of sp³-hybridized carbons (Fsp3) is 0.517. The van der Waals surface area contributed by atoms with Crippen molar-refractivity contribution in [1.82, 2.24) is 15.1 Å². The van der Waals surface area contributed by atoms with Crippen molar-refractivity contribution in [2.45, 2.75) is 63.4 Å². The first-order valence-corrected chi connectivity index (χ1v) is 14.4. The molecule has 1 unspecified atom stereocenters. The van der Waals surface area contributed by atoms with Gasteiger partial charge in [-0.2, -0.15) is 0 Å². The second-order valence-electron chi connectivity index (χ2n) is 11.5. The van der Waals surface area contributed by atoms with E-state index in [0.29, 0.717) is 31.9 Å². The molecule has 1 N–H and O–H groups in total. The number of nitrogens with one attached hydrogen (secondary N) is 1. The Labute approximate surface area is 233 Å². The van der Waals surface area contributed by atoms with Gasteiger partial charge in [-0.3, -0.25) is 9.80 Å². The number of aryl methyl sites for hydroxylation is 1. The third kappa shape index (κ3) is 5.47. The van der Waals surface area contributed by atoms with Gasteiger partial charge in [0.05, 0.1) is 18.3 Å².